The van der Waals surface area contributed by atoms with E-state index in [-0.39, 0.29) is 30.4 Å². The zero-order chi connectivity index (χ0) is 13.3. The van der Waals surface area contributed by atoms with Crippen molar-refractivity contribution in [1.29, 1.82) is 0 Å². The molecular weight excluding hydrogens is 331 g/mol. The molecule has 1 nitrogen and oxygen atoms in total. The van der Waals surface area contributed by atoms with E-state index in [9.17, 15) is 0 Å². The number of hydrogen-bond donors (Lipinski definition) is 0. The van der Waals surface area contributed by atoms with Crippen LogP contribution in [0.2, 0.25) is 18.6 Å². The molecule has 1 aliphatic rings. The first-order chi connectivity index (χ1) is 7.67. The van der Waals surface area contributed by atoms with Crippen LogP contribution in [0.15, 0.2) is 21.6 Å². The van der Waals surface area contributed by atoms with Crippen molar-refractivity contribution in [3.63, 3.8) is 0 Å². The van der Waals surface area contributed by atoms with Gasteiger partial charge in [-0.05, 0) is 0 Å². The molecule has 0 fully saturated rings. The summed E-state index contributed by atoms with van der Waals surface area (Å²) < 4.78 is 7.95. The van der Waals surface area contributed by atoms with Gasteiger partial charge in [-0.1, -0.05) is 0 Å². The molecule has 0 saturated heterocycles. The molecule has 1 aliphatic carbocycles. The zero-order valence-corrected chi connectivity index (χ0v) is 17.1. The van der Waals surface area contributed by atoms with Crippen molar-refractivity contribution in [1.82, 2.24) is 0 Å². The van der Waals surface area contributed by atoms with E-state index in [1.54, 1.807) is 5.57 Å². The van der Waals surface area contributed by atoms with Crippen LogP contribution < -0.4 is 0 Å². The maximum atomic E-state index is 6.41. The second-order valence-corrected chi connectivity index (χ2v) is 11.4. The molecule has 0 spiro atoms. The van der Waals surface area contributed by atoms with Crippen LogP contribution in [-0.4, -0.2) is 13.9 Å². The van der Waals surface area contributed by atoms with Gasteiger partial charge in [0.15, 0.2) is 0 Å². The van der Waals surface area contributed by atoms with Gasteiger partial charge in [-0.3, -0.25) is 0 Å². The Labute approximate surface area is 144 Å². The van der Waals surface area contributed by atoms with Crippen LogP contribution in [0.5, 0.6) is 0 Å². The van der Waals surface area contributed by atoms with Crippen molar-refractivity contribution in [2.24, 2.45) is 0 Å². The summed E-state index contributed by atoms with van der Waals surface area (Å²) in [7, 11) is -1.68. The molecule has 1 unspecified atom stereocenters. The van der Waals surface area contributed by atoms with Crippen LogP contribution in [0.4, 0.5) is 0 Å². The summed E-state index contributed by atoms with van der Waals surface area (Å²) >= 11 is 2.26. The minimum Gasteiger partial charge on any atom is -0.147 e. The van der Waals surface area contributed by atoms with E-state index in [1.807, 2.05) is 0 Å². The van der Waals surface area contributed by atoms with E-state index < -0.39 is 8.32 Å². The minimum atomic E-state index is -1.68. The fourth-order valence-electron chi connectivity index (χ4n) is 2.79. The summed E-state index contributed by atoms with van der Waals surface area (Å²) in [5, 5.41) is 0. The van der Waals surface area contributed by atoms with Crippen molar-refractivity contribution >= 4 is 33.1 Å². The van der Waals surface area contributed by atoms with E-state index in [0.717, 1.165) is 6.42 Å². The molecule has 0 aromatic heterocycles. The van der Waals surface area contributed by atoms with Crippen molar-refractivity contribution in [3.8, 4) is 0 Å². The third kappa shape index (κ3) is 6.50. The molecule has 19 heavy (non-hydrogen) atoms. The van der Waals surface area contributed by atoms with E-state index in [0.29, 0.717) is 5.54 Å². The van der Waals surface area contributed by atoms with Crippen molar-refractivity contribution < 1.29 is 24.9 Å². The van der Waals surface area contributed by atoms with Gasteiger partial charge in [0.25, 0.3) is 0 Å². The van der Waals surface area contributed by atoms with Crippen LogP contribution >= 0.6 is 24.8 Å². The van der Waals surface area contributed by atoms with E-state index >= 15 is 0 Å². The minimum absolute atomic E-state index is 0. The first kappa shape index (κ1) is 22.2. The number of allylic oxidation sites excluding steroid dienone is 4. The molecule has 1 atom stereocenters. The molecule has 0 N–H and O–H groups in total. The molecule has 1 rings (SSSR count). The molecule has 0 aromatic carbocycles. The fourth-order valence-corrected chi connectivity index (χ4v) is 7.33. The van der Waals surface area contributed by atoms with Gasteiger partial charge in [0, 0.05) is 0 Å². The van der Waals surface area contributed by atoms with Crippen LogP contribution in [0, 0.1) is 0 Å². The summed E-state index contributed by atoms with van der Waals surface area (Å²) in [5.74, 6) is 0. The van der Waals surface area contributed by atoms with Crippen LogP contribution in [-0.2, 0) is 24.9 Å². The quantitative estimate of drug-likeness (QED) is 0.612. The smallest absolute Gasteiger partial charge is 0.147 e. The second kappa shape index (κ2) is 8.41. The van der Waals surface area contributed by atoms with Crippen molar-refractivity contribution in [3.05, 3.63) is 21.6 Å². The molecule has 0 amide bonds. The first-order valence-corrected chi connectivity index (χ1v) is 10.3. The van der Waals surface area contributed by atoms with Gasteiger partial charge in [0.05, 0.1) is 0 Å². The average Bonchev–Trinajstić information content (AvgIpc) is 2.48. The SMILES string of the molecule is CCC(C1=[C]([Ti])CC=C1)[Si](C)(C)OC(C)(C)C.Cl.Cl. The molecule has 5 heteroatoms. The normalized spacial score (nSPS) is 16.9. The largest absolute Gasteiger partial charge is 0.147 e. The number of rotatable bonds is 4. The predicted molar refractivity (Wildman–Crippen MR) is 87.6 cm³/mol. The third-order valence-corrected chi connectivity index (χ3v) is 7.47. The Morgan fingerprint density at radius 1 is 1.32 bits per heavy atom. The average molecular weight is 358 g/mol. The molecule has 111 valence electrons. The monoisotopic (exact) mass is 357 g/mol. The van der Waals surface area contributed by atoms with E-state index in [4.69, 9.17) is 4.43 Å². The Hall–Kier alpha value is 0.951. The Kier molecular flexibility index (Phi) is 9.84. The first-order valence-electron chi connectivity index (χ1n) is 6.48. The molecule has 0 saturated carbocycles. The summed E-state index contributed by atoms with van der Waals surface area (Å²) in [5.41, 5.74) is 2.15. The molecule has 0 aliphatic heterocycles. The van der Waals surface area contributed by atoms with Gasteiger partial charge in [-0.2, -0.15) is 0 Å². The molecule has 0 bridgehead atoms. The molecule has 0 radical (unpaired) electrons. The third-order valence-electron chi connectivity index (χ3n) is 3.16. The summed E-state index contributed by atoms with van der Waals surface area (Å²) in [4.78, 5) is 0. The predicted octanol–water partition coefficient (Wildman–Crippen LogP) is 5.39. The summed E-state index contributed by atoms with van der Waals surface area (Å²) in [6, 6.07) is 0. The number of halogens is 2. The van der Waals surface area contributed by atoms with Crippen molar-refractivity contribution in [2.45, 2.75) is 64.8 Å². The standard InChI is InChI=1S/C14H25OSi.2ClH.Ti/c1-7-13(12-10-8-9-11-12)16(5,6)15-14(2,3)4;;;/h8,10,13H,7,9H2,1-6H3;2*1H;. The van der Waals surface area contributed by atoms with Crippen LogP contribution in [0.1, 0.15) is 40.5 Å². The van der Waals surface area contributed by atoms with Gasteiger partial charge in [0.1, 0.15) is 0 Å². The Morgan fingerprint density at radius 2 is 1.84 bits per heavy atom. The van der Waals surface area contributed by atoms with Gasteiger partial charge in [-0.15, -0.1) is 24.8 Å². The van der Waals surface area contributed by atoms with Gasteiger partial charge >= 0.3 is 120 Å². The molecule has 0 aromatic rings. The van der Waals surface area contributed by atoms with Crippen LogP contribution in [0.3, 0.4) is 0 Å². The fraction of sp³-hybridized carbons (Fsp3) is 0.714. The zero-order valence-electron chi connectivity index (χ0n) is 12.9. The van der Waals surface area contributed by atoms with E-state index in [2.05, 4.69) is 73.4 Å². The topological polar surface area (TPSA) is 9.23 Å². The van der Waals surface area contributed by atoms with Gasteiger partial charge < -0.3 is 0 Å². The van der Waals surface area contributed by atoms with Crippen LogP contribution in [0.25, 0.3) is 0 Å². The maximum Gasteiger partial charge on any atom is -0.147 e. The maximum absolute atomic E-state index is 6.41. The molecular formula is C14H27Cl2OSiTi. The van der Waals surface area contributed by atoms with E-state index in [1.165, 1.54) is 10.3 Å². The molecule has 0 heterocycles. The summed E-state index contributed by atoms with van der Waals surface area (Å²) in [6.45, 7) is 13.5. The second-order valence-electron chi connectivity index (χ2n) is 6.32. The van der Waals surface area contributed by atoms with Gasteiger partial charge in [-0.25, -0.2) is 0 Å². The summed E-state index contributed by atoms with van der Waals surface area (Å²) in [6.07, 6.45) is 6.93. The Bertz CT molecular complexity index is 346. The van der Waals surface area contributed by atoms with Gasteiger partial charge in [0.2, 0.25) is 0 Å². The van der Waals surface area contributed by atoms with Crippen molar-refractivity contribution in [2.75, 3.05) is 0 Å². The Balaban J connectivity index is 0. The Morgan fingerprint density at radius 3 is 2.16 bits per heavy atom. The number of hydrogen-bond acceptors (Lipinski definition) is 1.